The van der Waals surface area contributed by atoms with Gasteiger partial charge in [0.05, 0.1) is 0 Å². The number of likely N-dealkylation sites (tertiary alicyclic amines) is 1. The fourth-order valence-corrected chi connectivity index (χ4v) is 2.95. The molecule has 5 heteroatoms. The molecular weight excluding hydrogens is 269 g/mol. The number of hydrogen-bond donors (Lipinski definition) is 1. The van der Waals surface area contributed by atoms with Crippen LogP contribution < -0.4 is 5.73 Å². The molecule has 1 fully saturated rings. The van der Waals surface area contributed by atoms with Crippen LogP contribution in [0.15, 0.2) is 6.07 Å². The van der Waals surface area contributed by atoms with Gasteiger partial charge in [-0.05, 0) is 31.9 Å². The molecule has 0 aromatic carbocycles. The molecule has 1 aromatic rings. The van der Waals surface area contributed by atoms with Crippen molar-refractivity contribution in [3.05, 3.63) is 27.5 Å². The molecule has 18 heavy (non-hydrogen) atoms. The predicted octanol–water partition coefficient (Wildman–Crippen LogP) is 2.87. The van der Waals surface area contributed by atoms with Crippen LogP contribution in [-0.2, 0) is 6.54 Å². The molecule has 3 nitrogen and oxygen atoms in total. The molecule has 2 N–H and O–H groups in total. The van der Waals surface area contributed by atoms with Gasteiger partial charge in [-0.3, -0.25) is 4.90 Å². The van der Waals surface area contributed by atoms with E-state index in [0.717, 1.165) is 37.3 Å². The topological polar surface area (TPSA) is 42.1 Å². The maximum absolute atomic E-state index is 6.24. The summed E-state index contributed by atoms with van der Waals surface area (Å²) < 4.78 is 0. The summed E-state index contributed by atoms with van der Waals surface area (Å²) in [6, 6.07) is 2.09. The van der Waals surface area contributed by atoms with E-state index in [-0.39, 0.29) is 6.04 Å². The van der Waals surface area contributed by atoms with Crippen LogP contribution in [0.4, 0.5) is 0 Å². The minimum atomic E-state index is 0.231. The normalized spacial score (nSPS) is 25.4. The average molecular weight is 288 g/mol. The Kier molecular flexibility index (Phi) is 4.49. The third-order valence-electron chi connectivity index (χ3n) is 3.63. The highest BCUT2D eigenvalue weighted by atomic mass is 35.5. The largest absolute Gasteiger partial charge is 0.326 e. The van der Waals surface area contributed by atoms with Crippen LogP contribution in [-0.4, -0.2) is 29.0 Å². The van der Waals surface area contributed by atoms with Gasteiger partial charge in [0.25, 0.3) is 0 Å². The van der Waals surface area contributed by atoms with Crippen molar-refractivity contribution in [1.29, 1.82) is 0 Å². The minimum Gasteiger partial charge on any atom is -0.326 e. The third-order valence-corrected chi connectivity index (χ3v) is 4.28. The van der Waals surface area contributed by atoms with Gasteiger partial charge in [-0.15, -0.1) is 0 Å². The van der Waals surface area contributed by atoms with Gasteiger partial charge in [0.15, 0.2) is 0 Å². The zero-order valence-electron chi connectivity index (χ0n) is 10.8. The van der Waals surface area contributed by atoms with Crippen molar-refractivity contribution in [2.75, 3.05) is 13.1 Å². The molecule has 0 spiro atoms. The van der Waals surface area contributed by atoms with Crippen molar-refractivity contribution in [3.63, 3.8) is 0 Å². The molecule has 1 aromatic heterocycles. The van der Waals surface area contributed by atoms with Crippen LogP contribution in [0.25, 0.3) is 0 Å². The predicted molar refractivity (Wildman–Crippen MR) is 76.0 cm³/mol. The average Bonchev–Trinajstić information content (AvgIpc) is 2.28. The Morgan fingerprint density at radius 3 is 2.83 bits per heavy atom. The number of rotatable bonds is 2. The summed E-state index contributed by atoms with van der Waals surface area (Å²) in [5, 5.41) is 1.20. The minimum absolute atomic E-state index is 0.231. The number of piperidine rings is 1. The number of pyridine rings is 1. The van der Waals surface area contributed by atoms with Crippen LogP contribution in [0.3, 0.4) is 0 Å². The first kappa shape index (κ1) is 14.1. The van der Waals surface area contributed by atoms with Gasteiger partial charge in [-0.2, -0.15) is 0 Å². The fourth-order valence-electron chi connectivity index (χ4n) is 2.30. The Bertz CT molecular complexity index is 413. The quantitative estimate of drug-likeness (QED) is 0.851. The van der Waals surface area contributed by atoms with Crippen molar-refractivity contribution in [2.45, 2.75) is 32.9 Å². The summed E-state index contributed by atoms with van der Waals surface area (Å²) in [5.74, 6) is 0.586. The number of aryl methyl sites for hydroxylation is 1. The lowest BCUT2D eigenvalue weighted by molar-refractivity contribution is 0.162. The third kappa shape index (κ3) is 3.15. The molecule has 2 unspecified atom stereocenters. The highest BCUT2D eigenvalue weighted by Crippen LogP contribution is 2.27. The van der Waals surface area contributed by atoms with Crippen LogP contribution in [0, 0.1) is 12.8 Å². The number of nitrogens with two attached hydrogens (primary N) is 1. The van der Waals surface area contributed by atoms with Crippen LogP contribution in [0.2, 0.25) is 10.2 Å². The van der Waals surface area contributed by atoms with E-state index in [4.69, 9.17) is 28.9 Å². The molecular formula is C13H19Cl2N3. The van der Waals surface area contributed by atoms with E-state index in [1.165, 1.54) is 0 Å². The molecule has 1 aliphatic heterocycles. The van der Waals surface area contributed by atoms with Gasteiger partial charge in [0, 0.05) is 35.4 Å². The molecule has 0 bridgehead atoms. The Morgan fingerprint density at radius 2 is 2.22 bits per heavy atom. The lowest BCUT2D eigenvalue weighted by atomic mass is 9.94. The van der Waals surface area contributed by atoms with Gasteiger partial charge >= 0.3 is 0 Å². The van der Waals surface area contributed by atoms with Crippen molar-refractivity contribution in [2.24, 2.45) is 11.7 Å². The standard InChI is InChI=1S/C13H19Cl2N3/c1-8-3-4-18(7-12(8)16)6-10-11(14)5-9(2)17-13(10)15/h5,8,12H,3-4,6-7,16H2,1-2H3. The first-order chi connectivity index (χ1) is 8.47. The summed E-state index contributed by atoms with van der Waals surface area (Å²) in [5.41, 5.74) is 7.85. The number of nitrogens with zero attached hydrogens (tertiary/aromatic N) is 2. The van der Waals surface area contributed by atoms with Crippen molar-refractivity contribution in [1.82, 2.24) is 9.88 Å². The Balaban J connectivity index is 2.10. The SMILES string of the molecule is Cc1cc(Cl)c(CN2CCC(C)C(N)C2)c(Cl)n1. The second-order valence-corrected chi connectivity index (χ2v) is 5.94. The molecule has 0 radical (unpaired) electrons. The summed E-state index contributed by atoms with van der Waals surface area (Å²) in [6.07, 6.45) is 1.12. The van der Waals surface area contributed by atoms with E-state index in [0.29, 0.717) is 16.1 Å². The summed E-state index contributed by atoms with van der Waals surface area (Å²) in [4.78, 5) is 6.56. The van der Waals surface area contributed by atoms with Crippen molar-refractivity contribution < 1.29 is 0 Å². The van der Waals surface area contributed by atoms with E-state index >= 15 is 0 Å². The van der Waals surface area contributed by atoms with Crippen LogP contribution in [0.5, 0.6) is 0 Å². The number of hydrogen-bond acceptors (Lipinski definition) is 3. The molecule has 0 saturated carbocycles. The first-order valence-electron chi connectivity index (χ1n) is 6.27. The Hall–Kier alpha value is -0.350. The van der Waals surface area contributed by atoms with E-state index < -0.39 is 0 Å². The van der Waals surface area contributed by atoms with Gasteiger partial charge in [0.2, 0.25) is 0 Å². The molecule has 1 aliphatic rings. The van der Waals surface area contributed by atoms with E-state index in [9.17, 15) is 0 Å². The van der Waals surface area contributed by atoms with E-state index in [1.807, 2.05) is 13.0 Å². The maximum atomic E-state index is 6.24. The van der Waals surface area contributed by atoms with Gasteiger partial charge in [0.1, 0.15) is 5.15 Å². The Morgan fingerprint density at radius 1 is 1.50 bits per heavy atom. The van der Waals surface area contributed by atoms with Crippen molar-refractivity contribution >= 4 is 23.2 Å². The molecule has 100 valence electrons. The maximum Gasteiger partial charge on any atom is 0.135 e. The molecule has 1 saturated heterocycles. The van der Waals surface area contributed by atoms with Gasteiger partial charge in [-0.25, -0.2) is 4.98 Å². The number of halogens is 2. The van der Waals surface area contributed by atoms with Crippen LogP contribution >= 0.6 is 23.2 Å². The highest BCUT2D eigenvalue weighted by Gasteiger charge is 2.24. The highest BCUT2D eigenvalue weighted by molar-refractivity contribution is 6.35. The molecule has 2 heterocycles. The second kappa shape index (κ2) is 5.74. The monoisotopic (exact) mass is 287 g/mol. The second-order valence-electron chi connectivity index (χ2n) is 5.18. The molecule has 2 rings (SSSR count). The van der Waals surface area contributed by atoms with Gasteiger partial charge in [-0.1, -0.05) is 30.1 Å². The molecule has 0 amide bonds. The fraction of sp³-hybridized carbons (Fsp3) is 0.615. The van der Waals surface area contributed by atoms with Gasteiger partial charge < -0.3 is 5.73 Å². The summed E-state index contributed by atoms with van der Waals surface area (Å²) in [7, 11) is 0. The lowest BCUT2D eigenvalue weighted by Gasteiger charge is -2.35. The smallest absolute Gasteiger partial charge is 0.135 e. The molecule has 2 atom stereocenters. The first-order valence-corrected chi connectivity index (χ1v) is 7.02. The van der Waals surface area contributed by atoms with Crippen LogP contribution in [0.1, 0.15) is 24.6 Å². The zero-order chi connectivity index (χ0) is 13.3. The van der Waals surface area contributed by atoms with E-state index in [2.05, 4.69) is 16.8 Å². The van der Waals surface area contributed by atoms with Crippen molar-refractivity contribution in [3.8, 4) is 0 Å². The van der Waals surface area contributed by atoms with E-state index in [1.54, 1.807) is 0 Å². The number of aromatic nitrogens is 1. The summed E-state index contributed by atoms with van der Waals surface area (Å²) in [6.45, 7) is 6.75. The molecule has 0 aliphatic carbocycles. The Labute approximate surface area is 118 Å². The zero-order valence-corrected chi connectivity index (χ0v) is 12.3. The summed E-state index contributed by atoms with van der Waals surface area (Å²) >= 11 is 12.4. The lowest BCUT2D eigenvalue weighted by Crippen LogP contribution is -2.47.